The van der Waals surface area contributed by atoms with Crippen molar-refractivity contribution in [1.29, 1.82) is 0 Å². The number of thiophene rings is 1. The highest BCUT2D eigenvalue weighted by atomic mass is 32.1. The summed E-state index contributed by atoms with van der Waals surface area (Å²) in [6.07, 6.45) is 0. The molecule has 0 spiro atoms. The van der Waals surface area contributed by atoms with Gasteiger partial charge in [0.1, 0.15) is 5.00 Å². The molecule has 1 fully saturated rings. The third-order valence-electron chi connectivity index (χ3n) is 6.57. The molecule has 0 radical (unpaired) electrons. The van der Waals surface area contributed by atoms with Crippen LogP contribution in [-0.4, -0.2) is 66.8 Å². The second-order valence-electron chi connectivity index (χ2n) is 9.12. The Balaban J connectivity index is 1.42. The summed E-state index contributed by atoms with van der Waals surface area (Å²) >= 11 is 1.13. The number of carbonyl (C=O) groups excluding carboxylic acids is 3. The van der Waals surface area contributed by atoms with Crippen molar-refractivity contribution in [3.8, 4) is 0 Å². The lowest BCUT2D eigenvalue weighted by Gasteiger charge is -2.39. The van der Waals surface area contributed by atoms with Gasteiger partial charge in [-0.25, -0.2) is 4.79 Å². The predicted molar refractivity (Wildman–Crippen MR) is 146 cm³/mol. The maximum absolute atomic E-state index is 13.0. The van der Waals surface area contributed by atoms with E-state index in [0.717, 1.165) is 37.5 Å². The molecule has 37 heavy (non-hydrogen) atoms. The molecular formula is C29H33N3O4S. The smallest absolute Gasteiger partial charge is 0.341 e. The van der Waals surface area contributed by atoms with E-state index in [9.17, 15) is 14.4 Å². The van der Waals surface area contributed by atoms with Crippen molar-refractivity contribution < 1.29 is 19.1 Å². The average Bonchev–Trinajstić information content (AvgIpc) is 3.22. The number of ether oxygens (including phenoxy) is 1. The third kappa shape index (κ3) is 6.33. The van der Waals surface area contributed by atoms with Crippen molar-refractivity contribution in [1.82, 2.24) is 9.80 Å². The molecule has 3 aromatic rings. The Morgan fingerprint density at radius 1 is 0.946 bits per heavy atom. The minimum atomic E-state index is -0.527. The Hall–Kier alpha value is -3.33. The van der Waals surface area contributed by atoms with Gasteiger partial charge in [0.25, 0.3) is 0 Å². The van der Waals surface area contributed by atoms with Crippen LogP contribution in [0.3, 0.4) is 0 Å². The van der Waals surface area contributed by atoms with E-state index in [1.54, 1.807) is 13.8 Å². The number of esters is 1. The molecule has 0 aliphatic carbocycles. The van der Waals surface area contributed by atoms with Crippen LogP contribution in [0.5, 0.6) is 0 Å². The fourth-order valence-corrected chi connectivity index (χ4v) is 5.93. The third-order valence-corrected chi connectivity index (χ3v) is 7.88. The highest BCUT2D eigenvalue weighted by Gasteiger charge is 2.28. The zero-order valence-corrected chi connectivity index (χ0v) is 22.3. The summed E-state index contributed by atoms with van der Waals surface area (Å²) < 4.78 is 5.17. The van der Waals surface area contributed by atoms with Gasteiger partial charge in [0.05, 0.1) is 29.6 Å². The van der Waals surface area contributed by atoms with Gasteiger partial charge >= 0.3 is 5.97 Å². The van der Waals surface area contributed by atoms with E-state index in [0.29, 0.717) is 15.4 Å². The number of hydrogen-bond donors (Lipinski definition) is 1. The fourth-order valence-electron chi connectivity index (χ4n) is 4.82. The lowest BCUT2D eigenvalue weighted by Crippen LogP contribution is -2.49. The van der Waals surface area contributed by atoms with Crippen LogP contribution in [0, 0.1) is 6.92 Å². The number of Topliss-reactive ketones (excluding diaryl/α,β-unsaturated/α-hetero) is 1. The Kier molecular flexibility index (Phi) is 8.87. The number of rotatable bonds is 9. The van der Waals surface area contributed by atoms with Gasteiger partial charge in [0, 0.05) is 26.2 Å². The van der Waals surface area contributed by atoms with Crippen molar-refractivity contribution in [3.63, 3.8) is 0 Å². The van der Waals surface area contributed by atoms with Crippen molar-refractivity contribution in [3.05, 3.63) is 87.8 Å². The van der Waals surface area contributed by atoms with Gasteiger partial charge in [-0.2, -0.15) is 0 Å². The number of nitrogens with zero attached hydrogens (tertiary/aromatic N) is 2. The van der Waals surface area contributed by atoms with Crippen LogP contribution in [0.2, 0.25) is 0 Å². The Bertz CT molecular complexity index is 1200. The fraction of sp³-hybridized carbons (Fsp3) is 0.345. The number of nitrogens with one attached hydrogen (secondary N) is 1. The summed E-state index contributed by atoms with van der Waals surface area (Å²) in [5, 5.41) is 3.24. The topological polar surface area (TPSA) is 79.0 Å². The number of ketones is 1. The number of benzene rings is 2. The van der Waals surface area contributed by atoms with Crippen LogP contribution in [0.4, 0.5) is 5.00 Å². The average molecular weight is 520 g/mol. The van der Waals surface area contributed by atoms with E-state index >= 15 is 0 Å². The molecule has 4 rings (SSSR count). The van der Waals surface area contributed by atoms with E-state index in [2.05, 4.69) is 63.6 Å². The van der Waals surface area contributed by atoms with Crippen LogP contribution in [0.1, 0.15) is 56.6 Å². The predicted octanol–water partition coefficient (Wildman–Crippen LogP) is 4.78. The number of hydrogen-bond acceptors (Lipinski definition) is 7. The minimum absolute atomic E-state index is 0.143. The quantitative estimate of drug-likeness (QED) is 0.324. The molecule has 7 nitrogen and oxygen atoms in total. The number of anilines is 1. The first-order chi connectivity index (χ1) is 17.9. The van der Waals surface area contributed by atoms with Crippen LogP contribution in [0.15, 0.2) is 60.7 Å². The van der Waals surface area contributed by atoms with E-state index in [-0.39, 0.29) is 36.4 Å². The van der Waals surface area contributed by atoms with Crippen LogP contribution in [0.25, 0.3) is 0 Å². The molecule has 8 heteroatoms. The van der Waals surface area contributed by atoms with Gasteiger partial charge in [-0.05, 0) is 37.5 Å². The normalized spacial score (nSPS) is 14.5. The first kappa shape index (κ1) is 26.7. The summed E-state index contributed by atoms with van der Waals surface area (Å²) in [4.78, 5) is 42.6. The highest BCUT2D eigenvalue weighted by molar-refractivity contribution is 7.18. The van der Waals surface area contributed by atoms with Crippen LogP contribution < -0.4 is 5.32 Å². The molecule has 1 aliphatic heterocycles. The summed E-state index contributed by atoms with van der Waals surface area (Å²) in [5.41, 5.74) is 3.32. The molecule has 2 heterocycles. The van der Waals surface area contributed by atoms with Gasteiger partial charge in [-0.1, -0.05) is 60.7 Å². The van der Waals surface area contributed by atoms with Crippen molar-refractivity contribution in [2.45, 2.75) is 26.8 Å². The monoisotopic (exact) mass is 519 g/mol. The van der Waals surface area contributed by atoms with Gasteiger partial charge in [-0.15, -0.1) is 11.3 Å². The maximum atomic E-state index is 13.0. The summed E-state index contributed by atoms with van der Waals surface area (Å²) in [7, 11) is 0. The first-order valence-corrected chi connectivity index (χ1v) is 13.4. The summed E-state index contributed by atoms with van der Waals surface area (Å²) in [6.45, 7) is 8.46. The summed E-state index contributed by atoms with van der Waals surface area (Å²) in [6, 6.07) is 21.2. The molecule has 0 atom stereocenters. The lowest BCUT2D eigenvalue weighted by molar-refractivity contribution is -0.117. The second-order valence-corrected chi connectivity index (χ2v) is 10.1. The second kappa shape index (κ2) is 12.3. The molecule has 0 unspecified atom stereocenters. The largest absolute Gasteiger partial charge is 0.462 e. The van der Waals surface area contributed by atoms with Crippen LogP contribution in [-0.2, 0) is 9.53 Å². The summed E-state index contributed by atoms with van der Waals surface area (Å²) in [5.74, 6) is -0.880. The van der Waals surface area contributed by atoms with Crippen molar-refractivity contribution in [2.24, 2.45) is 0 Å². The maximum Gasteiger partial charge on any atom is 0.341 e. The molecular weight excluding hydrogens is 486 g/mol. The molecule has 2 aromatic carbocycles. The van der Waals surface area contributed by atoms with Gasteiger partial charge in [0.2, 0.25) is 5.91 Å². The highest BCUT2D eigenvalue weighted by Crippen LogP contribution is 2.34. The molecule has 1 aromatic heterocycles. The van der Waals surface area contributed by atoms with E-state index < -0.39 is 5.97 Å². The molecule has 1 amide bonds. The van der Waals surface area contributed by atoms with Crippen molar-refractivity contribution in [2.75, 3.05) is 44.6 Å². The van der Waals surface area contributed by atoms with Gasteiger partial charge < -0.3 is 10.1 Å². The molecule has 1 N–H and O–H groups in total. The number of amides is 1. The Labute approximate surface area is 222 Å². The van der Waals surface area contributed by atoms with E-state index in [4.69, 9.17) is 4.74 Å². The standard InChI is InChI=1S/C29H33N3O4S/c1-4-36-29(35)25-20(2)27(21(3)33)37-28(25)30-24(34)19-31-15-17-32(18-16-31)26(22-11-7-5-8-12-22)23-13-9-6-10-14-23/h5-14,26H,4,15-19H2,1-3H3,(H,30,34). The van der Waals surface area contributed by atoms with E-state index in [1.165, 1.54) is 18.1 Å². The lowest BCUT2D eigenvalue weighted by atomic mass is 9.96. The van der Waals surface area contributed by atoms with Crippen molar-refractivity contribution >= 4 is 34.0 Å². The number of piperazine rings is 1. The minimum Gasteiger partial charge on any atom is -0.462 e. The molecule has 1 saturated heterocycles. The van der Waals surface area contributed by atoms with E-state index in [1.807, 2.05) is 12.1 Å². The molecule has 194 valence electrons. The first-order valence-electron chi connectivity index (χ1n) is 12.6. The zero-order chi connectivity index (χ0) is 26.4. The van der Waals surface area contributed by atoms with Gasteiger partial charge in [0.15, 0.2) is 5.78 Å². The zero-order valence-electron chi connectivity index (χ0n) is 21.5. The van der Waals surface area contributed by atoms with Gasteiger partial charge in [-0.3, -0.25) is 19.4 Å². The SMILES string of the molecule is CCOC(=O)c1c(NC(=O)CN2CCN(C(c3ccccc3)c3ccccc3)CC2)sc(C(C)=O)c1C. The number of carbonyl (C=O) groups is 3. The van der Waals surface area contributed by atoms with Crippen LogP contribution >= 0.6 is 11.3 Å². The molecule has 0 bridgehead atoms. The Morgan fingerprint density at radius 3 is 2.03 bits per heavy atom. The molecule has 0 saturated carbocycles. The molecule has 1 aliphatic rings. The Morgan fingerprint density at radius 2 is 1.51 bits per heavy atom.